The Labute approximate surface area is 200 Å². The monoisotopic (exact) mass is 468 g/mol. The number of unbranched alkanes of at least 4 members (excludes halogenated alkanes) is 1. The summed E-state index contributed by atoms with van der Waals surface area (Å²) < 4.78 is 7.68. The van der Waals surface area contributed by atoms with E-state index in [2.05, 4.69) is 27.3 Å². The molecule has 0 fully saturated rings. The van der Waals surface area contributed by atoms with Gasteiger partial charge in [-0.05, 0) is 44.0 Å². The molecule has 3 rings (SSSR count). The van der Waals surface area contributed by atoms with Crippen molar-refractivity contribution in [2.24, 2.45) is 16.7 Å². The summed E-state index contributed by atoms with van der Waals surface area (Å²) in [7, 11) is 1.64. The Balaban J connectivity index is 2.04. The van der Waals surface area contributed by atoms with Gasteiger partial charge in [-0.3, -0.25) is 0 Å². The first-order chi connectivity index (χ1) is 16.2. The van der Waals surface area contributed by atoms with Crippen molar-refractivity contribution in [3.8, 4) is 5.75 Å². The fraction of sp³-hybridized carbons (Fsp3) is 0.458. The first-order valence-corrected chi connectivity index (χ1v) is 11.5. The van der Waals surface area contributed by atoms with Gasteiger partial charge in [-0.2, -0.15) is 10.1 Å². The van der Waals surface area contributed by atoms with Crippen LogP contribution in [0.5, 0.6) is 5.75 Å². The van der Waals surface area contributed by atoms with Crippen molar-refractivity contribution in [3.05, 3.63) is 41.6 Å². The van der Waals surface area contributed by atoms with E-state index in [-0.39, 0.29) is 18.6 Å². The molecule has 0 spiro atoms. The van der Waals surface area contributed by atoms with Crippen molar-refractivity contribution in [3.63, 3.8) is 0 Å². The van der Waals surface area contributed by atoms with Crippen LogP contribution in [0.15, 0.2) is 35.6 Å². The highest BCUT2D eigenvalue weighted by molar-refractivity contribution is 5.91. The second-order valence-corrected chi connectivity index (χ2v) is 8.94. The fourth-order valence-corrected chi connectivity index (χ4v) is 3.99. The Morgan fingerprint density at radius 3 is 2.71 bits per heavy atom. The number of methoxy groups -OCH3 is 1. The Kier molecular flexibility index (Phi) is 7.83. The number of hydrogen-bond acceptors (Lipinski definition) is 8. The van der Waals surface area contributed by atoms with E-state index in [0.29, 0.717) is 18.2 Å². The molecule has 0 saturated carbocycles. The summed E-state index contributed by atoms with van der Waals surface area (Å²) in [6.07, 6.45) is 4.81. The number of aliphatic hydroxyl groups excluding tert-OH is 1. The van der Waals surface area contributed by atoms with Gasteiger partial charge in [0, 0.05) is 17.2 Å². The molecule has 34 heavy (non-hydrogen) atoms. The van der Waals surface area contributed by atoms with Gasteiger partial charge in [0.25, 0.3) is 0 Å². The lowest BCUT2D eigenvalue weighted by Gasteiger charge is -2.25. The SMILES string of the molecule is CCCCC(CO)Nc1nc(N)nc2ccn(Cc3cc(C(C)(C)/C(N)=N/N)ccc3OC)c12. The number of hydrazone groups is 1. The topological polar surface area (TPSA) is 163 Å². The number of benzene rings is 1. The smallest absolute Gasteiger partial charge is 0.222 e. The van der Waals surface area contributed by atoms with E-state index in [9.17, 15) is 5.11 Å². The van der Waals surface area contributed by atoms with Crippen LogP contribution in [0.4, 0.5) is 11.8 Å². The number of amidine groups is 1. The normalized spacial score (nSPS) is 13.3. The number of hydrogen-bond donors (Lipinski definition) is 5. The maximum atomic E-state index is 9.86. The zero-order chi connectivity index (χ0) is 24.9. The van der Waals surface area contributed by atoms with Crippen LogP contribution in [0, 0.1) is 0 Å². The average molecular weight is 469 g/mol. The lowest BCUT2D eigenvalue weighted by Crippen LogP contribution is -2.36. The summed E-state index contributed by atoms with van der Waals surface area (Å²) in [6.45, 7) is 6.56. The molecule has 1 atom stereocenters. The Morgan fingerprint density at radius 1 is 1.29 bits per heavy atom. The van der Waals surface area contributed by atoms with Crippen molar-refractivity contribution < 1.29 is 9.84 Å². The number of ether oxygens (including phenoxy) is 1. The molecule has 10 nitrogen and oxygen atoms in total. The number of aromatic nitrogens is 3. The Morgan fingerprint density at radius 2 is 2.06 bits per heavy atom. The molecule has 0 aliphatic rings. The third kappa shape index (κ3) is 5.17. The zero-order valence-corrected chi connectivity index (χ0v) is 20.4. The summed E-state index contributed by atoms with van der Waals surface area (Å²) >= 11 is 0. The molecule has 2 heterocycles. The van der Waals surface area contributed by atoms with Gasteiger partial charge in [0.1, 0.15) is 17.1 Å². The highest BCUT2D eigenvalue weighted by Crippen LogP contribution is 2.31. The quantitative estimate of drug-likeness (QED) is 0.124. The van der Waals surface area contributed by atoms with Crippen molar-refractivity contribution in [2.45, 2.75) is 58.0 Å². The molecular weight excluding hydrogens is 432 g/mol. The molecule has 3 aromatic rings. The number of nitrogen functional groups attached to an aromatic ring is 1. The van der Waals surface area contributed by atoms with Gasteiger partial charge in [0.05, 0.1) is 31.8 Å². The first-order valence-electron chi connectivity index (χ1n) is 11.5. The standard InChI is InChI=1S/C24H36N8O2/c1-5-6-7-17(14-33)28-21-20-18(29-23(26)30-21)10-11-32(20)13-15-12-16(8-9-19(15)34-4)24(2,3)22(25)31-27/h8-12,17,33H,5-7,13-14,27H2,1-4H3,(H2,25,31)(H3,26,28,29,30). The van der Waals surface area contributed by atoms with E-state index in [4.69, 9.17) is 22.0 Å². The minimum absolute atomic E-state index is 0.00117. The number of aliphatic hydroxyl groups is 1. The van der Waals surface area contributed by atoms with Crippen LogP contribution >= 0.6 is 0 Å². The predicted molar refractivity (Wildman–Crippen MR) is 137 cm³/mol. The molecule has 184 valence electrons. The second-order valence-electron chi connectivity index (χ2n) is 8.94. The largest absolute Gasteiger partial charge is 0.496 e. The molecule has 1 aromatic carbocycles. The molecular formula is C24H36N8O2. The maximum absolute atomic E-state index is 9.86. The Hall–Kier alpha value is -3.53. The second kappa shape index (κ2) is 10.6. The molecule has 0 aliphatic carbocycles. The number of rotatable bonds is 11. The zero-order valence-electron chi connectivity index (χ0n) is 20.4. The van der Waals surface area contributed by atoms with Gasteiger partial charge in [0.2, 0.25) is 5.95 Å². The van der Waals surface area contributed by atoms with Gasteiger partial charge in [-0.1, -0.05) is 25.8 Å². The van der Waals surface area contributed by atoms with Crippen LogP contribution in [-0.2, 0) is 12.0 Å². The van der Waals surface area contributed by atoms with Gasteiger partial charge in [-0.25, -0.2) is 4.98 Å². The van der Waals surface area contributed by atoms with Crippen molar-refractivity contribution in [1.29, 1.82) is 0 Å². The summed E-state index contributed by atoms with van der Waals surface area (Å²) in [5, 5.41) is 16.9. The lowest BCUT2D eigenvalue weighted by atomic mass is 9.82. The number of nitrogens with one attached hydrogen (secondary N) is 1. The van der Waals surface area contributed by atoms with Crippen LogP contribution in [0.2, 0.25) is 0 Å². The highest BCUT2D eigenvalue weighted by Gasteiger charge is 2.27. The lowest BCUT2D eigenvalue weighted by molar-refractivity contribution is 0.267. The van der Waals surface area contributed by atoms with E-state index in [1.54, 1.807) is 7.11 Å². The molecule has 10 heteroatoms. The molecule has 0 aliphatic heterocycles. The minimum Gasteiger partial charge on any atom is -0.496 e. The van der Waals surface area contributed by atoms with Gasteiger partial charge >= 0.3 is 0 Å². The fourth-order valence-electron chi connectivity index (χ4n) is 3.99. The summed E-state index contributed by atoms with van der Waals surface area (Å²) in [4.78, 5) is 8.85. The van der Waals surface area contributed by atoms with Gasteiger partial charge in [-0.15, -0.1) is 0 Å². The summed E-state index contributed by atoms with van der Waals surface area (Å²) in [6, 6.07) is 7.70. The number of nitrogens with zero attached hydrogens (tertiary/aromatic N) is 4. The molecule has 0 bridgehead atoms. The predicted octanol–water partition coefficient (Wildman–Crippen LogP) is 2.54. The third-order valence-electron chi connectivity index (χ3n) is 6.22. The van der Waals surface area contributed by atoms with Gasteiger partial charge < -0.3 is 37.0 Å². The van der Waals surface area contributed by atoms with Crippen LogP contribution < -0.4 is 27.4 Å². The van der Waals surface area contributed by atoms with Crippen LogP contribution in [-0.4, -0.2) is 45.2 Å². The van der Waals surface area contributed by atoms with Crippen molar-refractivity contribution >= 4 is 28.6 Å². The molecule has 0 amide bonds. The Bertz CT molecular complexity index is 1160. The van der Waals surface area contributed by atoms with Crippen LogP contribution in [0.3, 0.4) is 0 Å². The van der Waals surface area contributed by atoms with E-state index in [1.807, 2.05) is 48.9 Å². The molecule has 2 aromatic heterocycles. The maximum Gasteiger partial charge on any atom is 0.222 e. The number of nitrogens with two attached hydrogens (primary N) is 3. The summed E-state index contributed by atoms with van der Waals surface area (Å²) in [5.74, 6) is 7.31. The number of fused-ring (bicyclic) bond motifs is 1. The van der Waals surface area contributed by atoms with Crippen molar-refractivity contribution in [1.82, 2.24) is 14.5 Å². The number of anilines is 2. The third-order valence-corrected chi connectivity index (χ3v) is 6.22. The van der Waals surface area contributed by atoms with E-state index < -0.39 is 5.41 Å². The molecule has 0 radical (unpaired) electrons. The van der Waals surface area contributed by atoms with Crippen LogP contribution in [0.1, 0.15) is 51.2 Å². The molecule has 1 unspecified atom stereocenters. The summed E-state index contributed by atoms with van der Waals surface area (Å²) in [5.41, 5.74) is 14.9. The first kappa shape index (κ1) is 25.1. The van der Waals surface area contributed by atoms with Crippen molar-refractivity contribution in [2.75, 3.05) is 24.8 Å². The average Bonchev–Trinajstić information content (AvgIpc) is 3.23. The van der Waals surface area contributed by atoms with E-state index in [1.165, 1.54) is 0 Å². The minimum atomic E-state index is -0.549. The van der Waals surface area contributed by atoms with E-state index >= 15 is 0 Å². The van der Waals surface area contributed by atoms with E-state index in [0.717, 1.165) is 47.2 Å². The molecule has 8 N–H and O–H groups in total. The van der Waals surface area contributed by atoms with Crippen LogP contribution in [0.25, 0.3) is 11.0 Å². The van der Waals surface area contributed by atoms with Gasteiger partial charge in [0.15, 0.2) is 5.82 Å². The highest BCUT2D eigenvalue weighted by atomic mass is 16.5. The molecule has 0 saturated heterocycles.